The minimum Gasteiger partial charge on any atom is -0.333 e. The third kappa shape index (κ3) is 5.49. The van der Waals surface area contributed by atoms with Crippen molar-refractivity contribution in [1.82, 2.24) is 19.6 Å². The summed E-state index contributed by atoms with van der Waals surface area (Å²) in [6, 6.07) is 8.98. The largest absolute Gasteiger partial charge is 0.435 e. The number of halogens is 4. The van der Waals surface area contributed by atoms with Crippen LogP contribution in [0.3, 0.4) is 0 Å². The van der Waals surface area contributed by atoms with Crippen molar-refractivity contribution in [1.29, 1.82) is 0 Å². The van der Waals surface area contributed by atoms with Gasteiger partial charge in [-0.05, 0) is 55.6 Å². The Morgan fingerprint density at radius 1 is 1.19 bits per heavy atom. The molecule has 0 unspecified atom stereocenters. The van der Waals surface area contributed by atoms with Gasteiger partial charge in [0.1, 0.15) is 0 Å². The SMILES string of the molecule is CCn1cc(-c2ccccc2[C@@H]2CN(C(=O)/C=C/CN3CCCC3)Cc3sc(Cl)cc32)c(C(F)(F)F)n1. The average molecular weight is 549 g/mol. The normalized spacial score (nSPS) is 18.6. The van der Waals surface area contributed by atoms with Gasteiger partial charge in [-0.2, -0.15) is 18.3 Å². The van der Waals surface area contributed by atoms with E-state index in [1.165, 1.54) is 35.1 Å². The van der Waals surface area contributed by atoms with Gasteiger partial charge in [0.05, 0.1) is 10.9 Å². The van der Waals surface area contributed by atoms with Crippen molar-refractivity contribution in [2.45, 2.75) is 44.9 Å². The molecule has 2 aliphatic heterocycles. The van der Waals surface area contributed by atoms with Gasteiger partial charge in [0, 0.05) is 48.3 Å². The van der Waals surface area contributed by atoms with Crippen LogP contribution in [0.1, 0.15) is 47.4 Å². The molecule has 4 heterocycles. The fraction of sp³-hybridized carbons (Fsp3) is 0.407. The first kappa shape index (κ1) is 26.0. The maximum atomic E-state index is 13.9. The van der Waals surface area contributed by atoms with Crippen molar-refractivity contribution in [3.8, 4) is 11.1 Å². The van der Waals surface area contributed by atoms with E-state index in [0.29, 0.717) is 29.5 Å². The van der Waals surface area contributed by atoms with Crippen LogP contribution in [0.4, 0.5) is 13.2 Å². The molecule has 1 atom stereocenters. The summed E-state index contributed by atoms with van der Waals surface area (Å²) < 4.78 is 43.7. The molecule has 5 nitrogen and oxygen atoms in total. The molecule has 0 spiro atoms. The van der Waals surface area contributed by atoms with Crippen LogP contribution in [0.2, 0.25) is 4.34 Å². The number of rotatable bonds is 6. The van der Waals surface area contributed by atoms with E-state index in [0.717, 1.165) is 35.6 Å². The maximum Gasteiger partial charge on any atom is 0.435 e. The zero-order valence-corrected chi connectivity index (χ0v) is 22.0. The summed E-state index contributed by atoms with van der Waals surface area (Å²) >= 11 is 7.80. The highest BCUT2D eigenvalue weighted by atomic mass is 35.5. The van der Waals surface area contributed by atoms with E-state index >= 15 is 0 Å². The van der Waals surface area contributed by atoms with Gasteiger partial charge in [0.25, 0.3) is 0 Å². The fourth-order valence-corrected chi connectivity index (χ4v) is 6.58. The van der Waals surface area contributed by atoms with Gasteiger partial charge in [-0.25, -0.2) is 0 Å². The third-order valence-corrected chi connectivity index (χ3v) is 8.30. The topological polar surface area (TPSA) is 41.4 Å². The zero-order valence-electron chi connectivity index (χ0n) is 20.5. The van der Waals surface area contributed by atoms with E-state index < -0.39 is 11.9 Å². The van der Waals surface area contributed by atoms with E-state index in [1.54, 1.807) is 30.0 Å². The van der Waals surface area contributed by atoms with Crippen LogP contribution in [0.15, 0.2) is 48.7 Å². The van der Waals surface area contributed by atoms with Crippen LogP contribution in [0.25, 0.3) is 11.1 Å². The summed E-state index contributed by atoms with van der Waals surface area (Å²) in [4.78, 5) is 18.2. The molecule has 5 rings (SSSR count). The molecule has 0 bridgehead atoms. The summed E-state index contributed by atoms with van der Waals surface area (Å²) in [5, 5.41) is 3.82. The Kier molecular flexibility index (Phi) is 7.47. The van der Waals surface area contributed by atoms with Crippen molar-refractivity contribution in [3.05, 3.63) is 74.7 Å². The molecule has 1 aromatic carbocycles. The summed E-state index contributed by atoms with van der Waals surface area (Å²) in [5.74, 6) is -0.419. The van der Waals surface area contributed by atoms with Crippen LogP contribution in [-0.4, -0.2) is 51.7 Å². The van der Waals surface area contributed by atoms with Crippen molar-refractivity contribution in [2.75, 3.05) is 26.2 Å². The first-order chi connectivity index (χ1) is 17.7. The summed E-state index contributed by atoms with van der Waals surface area (Å²) in [6.45, 7) is 5.70. The smallest absolute Gasteiger partial charge is 0.333 e. The Morgan fingerprint density at radius 3 is 2.68 bits per heavy atom. The van der Waals surface area contributed by atoms with Gasteiger partial charge in [0.15, 0.2) is 5.69 Å². The van der Waals surface area contributed by atoms with Gasteiger partial charge < -0.3 is 4.90 Å². The number of amides is 1. The first-order valence-corrected chi connectivity index (χ1v) is 13.6. The Bertz CT molecular complexity index is 1310. The van der Waals surface area contributed by atoms with E-state index in [2.05, 4.69) is 10.00 Å². The van der Waals surface area contributed by atoms with Gasteiger partial charge >= 0.3 is 6.18 Å². The Morgan fingerprint density at radius 2 is 1.95 bits per heavy atom. The van der Waals surface area contributed by atoms with E-state index in [1.807, 2.05) is 24.3 Å². The van der Waals surface area contributed by atoms with Crippen molar-refractivity contribution in [3.63, 3.8) is 0 Å². The van der Waals surface area contributed by atoms with E-state index in [-0.39, 0.29) is 17.4 Å². The molecular formula is C27H28ClF3N4OS. The fourth-order valence-electron chi connectivity index (χ4n) is 5.23. The van der Waals surface area contributed by atoms with Crippen LogP contribution < -0.4 is 0 Å². The lowest BCUT2D eigenvalue weighted by Crippen LogP contribution is -2.37. The summed E-state index contributed by atoms with van der Waals surface area (Å²) in [5.41, 5.74) is 1.29. The highest BCUT2D eigenvalue weighted by Gasteiger charge is 2.39. The van der Waals surface area contributed by atoms with Crippen LogP contribution in [0, 0.1) is 0 Å². The lowest BCUT2D eigenvalue weighted by molar-refractivity contribution is -0.141. The molecule has 0 radical (unpaired) electrons. The van der Waals surface area contributed by atoms with Crippen LogP contribution in [0.5, 0.6) is 0 Å². The first-order valence-electron chi connectivity index (χ1n) is 12.4. The number of alkyl halides is 3. The molecule has 0 saturated carbocycles. The number of likely N-dealkylation sites (tertiary alicyclic amines) is 1. The van der Waals surface area contributed by atoms with Crippen LogP contribution >= 0.6 is 22.9 Å². The van der Waals surface area contributed by atoms with Gasteiger partial charge in [-0.1, -0.05) is 41.9 Å². The molecule has 37 heavy (non-hydrogen) atoms. The number of fused-ring (bicyclic) bond motifs is 1. The minimum atomic E-state index is -4.59. The number of hydrogen-bond acceptors (Lipinski definition) is 4. The summed E-state index contributed by atoms with van der Waals surface area (Å²) in [6.07, 6.45) is 2.76. The third-order valence-electron chi connectivity index (χ3n) is 7.04. The van der Waals surface area contributed by atoms with Crippen molar-refractivity contribution in [2.24, 2.45) is 0 Å². The predicted molar refractivity (Wildman–Crippen MR) is 140 cm³/mol. The van der Waals surface area contributed by atoms with E-state index in [4.69, 9.17) is 11.6 Å². The van der Waals surface area contributed by atoms with Gasteiger partial charge in [-0.3, -0.25) is 14.4 Å². The number of benzene rings is 1. The second-order valence-corrected chi connectivity index (χ2v) is 11.2. The Labute approximate surface area is 223 Å². The molecular weight excluding hydrogens is 521 g/mol. The number of carbonyl (C=O) groups is 1. The standard InChI is InChI=1S/C27H28ClF3N4OS/c1-2-35-16-22(26(32-35)27(29,30)31)19-9-4-3-8-18(19)21-15-34(17-23-20(21)14-24(28)37-23)25(36)10-7-13-33-11-5-6-12-33/h3-4,7-10,14,16,21H,2,5-6,11-13,15,17H2,1H3/b10-7+/t21-/m0/s1. The monoisotopic (exact) mass is 548 g/mol. The molecule has 196 valence electrons. The Balaban J connectivity index is 1.50. The van der Waals surface area contributed by atoms with Crippen molar-refractivity contribution >= 4 is 28.8 Å². The second-order valence-electron chi connectivity index (χ2n) is 9.44. The number of nitrogens with zero attached hydrogens (tertiary/aromatic N) is 4. The lowest BCUT2D eigenvalue weighted by Gasteiger charge is -2.33. The molecule has 0 aliphatic carbocycles. The number of aromatic nitrogens is 2. The molecule has 0 N–H and O–H groups in total. The quantitative estimate of drug-likeness (QED) is 0.333. The molecule has 3 aromatic rings. The maximum absolute atomic E-state index is 13.9. The molecule has 1 saturated heterocycles. The average Bonchev–Trinajstić information content (AvgIpc) is 3.62. The predicted octanol–water partition coefficient (Wildman–Crippen LogP) is 6.43. The number of thiophene rings is 1. The molecule has 2 aliphatic rings. The number of carbonyl (C=O) groups excluding carboxylic acids is 1. The van der Waals surface area contributed by atoms with Gasteiger partial charge in [0.2, 0.25) is 5.91 Å². The van der Waals surface area contributed by atoms with Crippen LogP contribution in [-0.2, 0) is 24.1 Å². The summed E-state index contributed by atoms with van der Waals surface area (Å²) in [7, 11) is 0. The minimum absolute atomic E-state index is 0.0433. The Hall–Kier alpha value is -2.62. The number of aryl methyl sites for hydroxylation is 1. The van der Waals surface area contributed by atoms with Crippen molar-refractivity contribution < 1.29 is 18.0 Å². The van der Waals surface area contributed by atoms with Gasteiger partial charge in [-0.15, -0.1) is 11.3 Å². The molecule has 1 fully saturated rings. The zero-order chi connectivity index (χ0) is 26.2. The highest BCUT2D eigenvalue weighted by molar-refractivity contribution is 7.16. The van der Waals surface area contributed by atoms with E-state index in [9.17, 15) is 18.0 Å². The molecule has 1 amide bonds. The highest BCUT2D eigenvalue weighted by Crippen LogP contribution is 2.45. The molecule has 2 aromatic heterocycles. The lowest BCUT2D eigenvalue weighted by atomic mass is 9.84. The second kappa shape index (κ2) is 10.6. The molecule has 10 heteroatoms. The number of hydrogen-bond donors (Lipinski definition) is 0.